The molecular weight excluding hydrogens is 737 g/mol. The van der Waals surface area contributed by atoms with E-state index in [2.05, 4.69) is 98.9 Å². The van der Waals surface area contributed by atoms with Gasteiger partial charge in [-0.2, -0.15) is 0 Å². The quantitative estimate of drug-likeness (QED) is 0.0268. The average molecular weight is 818 g/mol. The summed E-state index contributed by atoms with van der Waals surface area (Å²) in [5.74, 6) is -0.926. The number of phosphoric ester groups is 1. The molecule has 0 spiro atoms. The topological polar surface area (TPSA) is 134 Å². The maximum Gasteiger partial charge on any atom is 0.472 e. The van der Waals surface area contributed by atoms with Gasteiger partial charge in [0.25, 0.3) is 0 Å². The van der Waals surface area contributed by atoms with Crippen LogP contribution in [-0.2, 0) is 32.7 Å². The van der Waals surface area contributed by atoms with Crippen LogP contribution in [0.2, 0.25) is 0 Å². The van der Waals surface area contributed by atoms with E-state index in [4.69, 9.17) is 24.3 Å². The van der Waals surface area contributed by atoms with Crippen molar-refractivity contribution in [1.29, 1.82) is 0 Å². The zero-order chi connectivity index (χ0) is 41.8. The Morgan fingerprint density at radius 1 is 0.544 bits per heavy atom. The Bertz CT molecular complexity index is 1210. The molecule has 9 nitrogen and oxygen atoms in total. The summed E-state index contributed by atoms with van der Waals surface area (Å²) in [4.78, 5) is 34.9. The molecule has 57 heavy (non-hydrogen) atoms. The molecule has 0 aromatic carbocycles. The molecule has 2 atom stereocenters. The Balaban J connectivity index is 4.29. The lowest BCUT2D eigenvalue weighted by atomic mass is 10.1. The Labute approximate surface area is 347 Å². The SMILES string of the molecule is CC/C=C/C/C=C/C/C=C/C/C=C/C/C=C/CCCCCC(=O)OC[C@H](COP(=O)(O)OCCN)OC(=O)CCC/C=C/C/C=C/CCCCCCCCCCC. The number of carbonyl (C=O) groups excluding carboxylic acids is 2. The largest absolute Gasteiger partial charge is 0.472 e. The van der Waals surface area contributed by atoms with Gasteiger partial charge in [0.15, 0.2) is 6.10 Å². The van der Waals surface area contributed by atoms with Crippen LogP contribution in [0, 0.1) is 0 Å². The molecule has 0 rings (SSSR count). The first-order chi connectivity index (χ1) is 27.8. The average Bonchev–Trinajstić information content (AvgIpc) is 3.20. The lowest BCUT2D eigenvalue weighted by Gasteiger charge is -2.19. The predicted octanol–water partition coefficient (Wildman–Crippen LogP) is 12.8. The molecule has 0 bridgehead atoms. The molecule has 0 aliphatic heterocycles. The monoisotopic (exact) mass is 818 g/mol. The van der Waals surface area contributed by atoms with Crippen molar-refractivity contribution in [1.82, 2.24) is 0 Å². The third-order valence-electron chi connectivity index (χ3n) is 8.77. The Hall–Kier alpha value is -2.81. The first-order valence-corrected chi connectivity index (χ1v) is 23.6. The second-order valence-corrected chi connectivity index (χ2v) is 15.6. The molecule has 0 fully saturated rings. The molecule has 0 amide bonds. The van der Waals surface area contributed by atoms with Gasteiger partial charge in [-0.05, 0) is 83.5 Å². The van der Waals surface area contributed by atoms with Crippen LogP contribution in [0.25, 0.3) is 0 Å². The third-order valence-corrected chi connectivity index (χ3v) is 9.75. The van der Waals surface area contributed by atoms with Gasteiger partial charge in [0, 0.05) is 19.4 Å². The van der Waals surface area contributed by atoms with E-state index < -0.39 is 32.5 Å². The van der Waals surface area contributed by atoms with Crippen LogP contribution in [0.4, 0.5) is 0 Å². The molecule has 0 aromatic heterocycles. The molecule has 0 heterocycles. The summed E-state index contributed by atoms with van der Waals surface area (Å²) < 4.78 is 32.7. The summed E-state index contributed by atoms with van der Waals surface area (Å²) in [5, 5.41) is 0. The lowest BCUT2D eigenvalue weighted by Crippen LogP contribution is -2.29. The molecular formula is C47H80NO8P. The summed E-state index contributed by atoms with van der Waals surface area (Å²) in [6.07, 6.45) is 53.4. The zero-order valence-electron chi connectivity index (χ0n) is 35.8. The molecule has 0 saturated carbocycles. The minimum absolute atomic E-state index is 0.0380. The van der Waals surface area contributed by atoms with E-state index in [1.54, 1.807) is 0 Å². The van der Waals surface area contributed by atoms with Crippen molar-refractivity contribution in [2.24, 2.45) is 5.73 Å². The van der Waals surface area contributed by atoms with Gasteiger partial charge in [0.05, 0.1) is 13.2 Å². The fourth-order valence-electron chi connectivity index (χ4n) is 5.52. The highest BCUT2D eigenvalue weighted by molar-refractivity contribution is 7.47. The standard InChI is InChI=1S/C47H80NO8P/c1-3-5-7-9-11-13-15-17-19-21-22-24-25-27-29-31-33-35-37-39-46(49)53-43-45(44-55-57(51,52)54-42-41-48)56-47(50)40-38-36-34-32-30-28-26-23-20-18-16-14-12-10-8-6-4-2/h5,7,11,13,17,19,22,24,26-29,32,34,45H,3-4,6,8-10,12,14-16,18,20-21,23,25,30-31,33,35-44,48H2,1-2H3,(H,51,52)/b7-5+,13-11+,19-17+,24-22+,28-26+,29-27+,34-32+/t45-/m1/s1. The Kier molecular flexibility index (Phi) is 40.7. The Morgan fingerprint density at radius 2 is 0.982 bits per heavy atom. The highest BCUT2D eigenvalue weighted by Crippen LogP contribution is 2.43. The van der Waals surface area contributed by atoms with Crippen LogP contribution in [0.1, 0.15) is 168 Å². The normalized spacial score (nSPS) is 14.1. The van der Waals surface area contributed by atoms with Gasteiger partial charge < -0.3 is 20.1 Å². The first-order valence-electron chi connectivity index (χ1n) is 22.1. The smallest absolute Gasteiger partial charge is 0.462 e. The first kappa shape index (κ1) is 54.2. The molecule has 0 aliphatic rings. The van der Waals surface area contributed by atoms with E-state index in [0.717, 1.165) is 70.6 Å². The van der Waals surface area contributed by atoms with Crippen molar-refractivity contribution >= 4 is 19.8 Å². The number of nitrogens with two attached hydrogens (primary N) is 1. The third kappa shape index (κ3) is 42.6. The maximum absolute atomic E-state index is 12.6. The highest BCUT2D eigenvalue weighted by Gasteiger charge is 2.25. The number of ether oxygens (including phenoxy) is 2. The van der Waals surface area contributed by atoms with Crippen LogP contribution in [0.5, 0.6) is 0 Å². The van der Waals surface area contributed by atoms with E-state index >= 15 is 0 Å². The number of rotatable bonds is 40. The van der Waals surface area contributed by atoms with Crippen molar-refractivity contribution in [2.45, 2.75) is 174 Å². The zero-order valence-corrected chi connectivity index (χ0v) is 36.7. The van der Waals surface area contributed by atoms with Crippen LogP contribution in [0.3, 0.4) is 0 Å². The Morgan fingerprint density at radius 3 is 1.49 bits per heavy atom. The number of carbonyl (C=O) groups is 2. The number of unbranched alkanes of at least 4 members (excludes halogenated alkanes) is 13. The second-order valence-electron chi connectivity index (χ2n) is 14.2. The molecule has 0 aliphatic carbocycles. The molecule has 3 N–H and O–H groups in total. The van der Waals surface area contributed by atoms with Crippen molar-refractivity contribution in [3.63, 3.8) is 0 Å². The van der Waals surface area contributed by atoms with E-state index in [1.165, 1.54) is 57.8 Å². The van der Waals surface area contributed by atoms with Crippen molar-refractivity contribution in [3.8, 4) is 0 Å². The fourth-order valence-corrected chi connectivity index (χ4v) is 6.29. The van der Waals surface area contributed by atoms with E-state index in [9.17, 15) is 19.0 Å². The molecule has 0 radical (unpaired) electrons. The van der Waals surface area contributed by atoms with Gasteiger partial charge in [-0.1, -0.05) is 157 Å². The molecule has 326 valence electrons. The summed E-state index contributed by atoms with van der Waals surface area (Å²) >= 11 is 0. The summed E-state index contributed by atoms with van der Waals surface area (Å²) in [6, 6.07) is 0. The van der Waals surface area contributed by atoms with E-state index in [0.29, 0.717) is 12.8 Å². The minimum Gasteiger partial charge on any atom is -0.462 e. The summed E-state index contributed by atoms with van der Waals surface area (Å²) in [5.41, 5.74) is 5.34. The van der Waals surface area contributed by atoms with Gasteiger partial charge in [-0.3, -0.25) is 18.6 Å². The number of hydrogen-bond acceptors (Lipinski definition) is 8. The second kappa shape index (κ2) is 42.8. The van der Waals surface area contributed by atoms with Crippen LogP contribution >= 0.6 is 7.82 Å². The van der Waals surface area contributed by atoms with Crippen molar-refractivity contribution in [3.05, 3.63) is 85.1 Å². The lowest BCUT2D eigenvalue weighted by molar-refractivity contribution is -0.161. The summed E-state index contributed by atoms with van der Waals surface area (Å²) in [6.45, 7) is 3.52. The fraction of sp³-hybridized carbons (Fsp3) is 0.660. The van der Waals surface area contributed by atoms with Gasteiger partial charge in [-0.15, -0.1) is 0 Å². The number of hydrogen-bond donors (Lipinski definition) is 2. The molecule has 0 saturated heterocycles. The van der Waals surface area contributed by atoms with Crippen molar-refractivity contribution in [2.75, 3.05) is 26.4 Å². The van der Waals surface area contributed by atoms with Gasteiger partial charge in [0.2, 0.25) is 0 Å². The molecule has 10 heteroatoms. The minimum atomic E-state index is -4.40. The maximum atomic E-state index is 12.6. The van der Waals surface area contributed by atoms with Crippen LogP contribution in [-0.4, -0.2) is 49.3 Å². The molecule has 0 aromatic rings. The van der Waals surface area contributed by atoms with Crippen LogP contribution in [0.15, 0.2) is 85.1 Å². The number of phosphoric acid groups is 1. The van der Waals surface area contributed by atoms with E-state index in [1.807, 2.05) is 0 Å². The van der Waals surface area contributed by atoms with Crippen LogP contribution < -0.4 is 5.73 Å². The predicted molar refractivity (Wildman–Crippen MR) is 238 cm³/mol. The highest BCUT2D eigenvalue weighted by atomic mass is 31.2. The summed E-state index contributed by atoms with van der Waals surface area (Å²) in [7, 11) is -4.40. The number of allylic oxidation sites excluding steroid dienone is 14. The van der Waals surface area contributed by atoms with E-state index in [-0.39, 0.29) is 32.6 Å². The van der Waals surface area contributed by atoms with Gasteiger partial charge in [0.1, 0.15) is 6.61 Å². The van der Waals surface area contributed by atoms with Gasteiger partial charge in [-0.25, -0.2) is 4.57 Å². The number of esters is 2. The molecule has 1 unspecified atom stereocenters. The van der Waals surface area contributed by atoms with Crippen molar-refractivity contribution < 1.29 is 37.6 Å². The van der Waals surface area contributed by atoms with Gasteiger partial charge >= 0.3 is 19.8 Å².